The molecule has 2 rings (SSSR count). The van der Waals surface area contributed by atoms with Gasteiger partial charge in [-0.2, -0.15) is 0 Å². The molecule has 0 aliphatic heterocycles. The molecule has 2 fully saturated rings. The Morgan fingerprint density at radius 1 is 0.556 bits per heavy atom. The van der Waals surface area contributed by atoms with Gasteiger partial charge in [0.15, 0.2) is 0 Å². The molecule has 18 heavy (non-hydrogen) atoms. The summed E-state index contributed by atoms with van der Waals surface area (Å²) in [6.07, 6.45) is 12.9. The Kier molecular flexibility index (Phi) is 8.64. The maximum Gasteiger partial charge on any atom is 0.0832 e. The molecule has 2 atom stereocenters. The lowest BCUT2D eigenvalue weighted by Crippen LogP contribution is -2.32. The molecule has 0 aromatic rings. The van der Waals surface area contributed by atoms with E-state index in [9.17, 15) is 0 Å². The zero-order valence-corrected chi connectivity index (χ0v) is 12.3. The molecule has 2 aliphatic carbocycles. The molecule has 0 aromatic heterocycles. The summed E-state index contributed by atoms with van der Waals surface area (Å²) in [5.41, 5.74) is 0. The minimum atomic E-state index is 0.346. The normalized spacial score (nSPS) is 29.5. The largest absolute Gasteiger partial charge is 0.381 e. The van der Waals surface area contributed by atoms with Crippen molar-refractivity contribution in [3.63, 3.8) is 0 Å². The molecule has 3 nitrogen and oxygen atoms in total. The van der Waals surface area contributed by atoms with E-state index in [-0.39, 0.29) is 0 Å². The third-order valence-corrected chi connectivity index (χ3v) is 4.13. The highest BCUT2D eigenvalue weighted by molar-refractivity contribution is 4.75. The van der Waals surface area contributed by atoms with E-state index in [0.717, 1.165) is 12.8 Å². The fourth-order valence-corrected chi connectivity index (χ4v) is 2.90. The van der Waals surface area contributed by atoms with Crippen molar-refractivity contribution in [3.8, 4) is 0 Å². The molecule has 0 spiro atoms. The van der Waals surface area contributed by atoms with Crippen molar-refractivity contribution >= 4 is 0 Å². The highest BCUT2D eigenvalue weighted by atomic mass is 16.5. The SMILES string of the molecule is COC1CCCCC1.COC1CCCCC1OC. The van der Waals surface area contributed by atoms with Crippen LogP contribution < -0.4 is 0 Å². The molecule has 0 aromatic carbocycles. The summed E-state index contributed by atoms with van der Waals surface area (Å²) in [4.78, 5) is 0. The minimum absolute atomic E-state index is 0.346. The van der Waals surface area contributed by atoms with Crippen LogP contribution in [0.2, 0.25) is 0 Å². The van der Waals surface area contributed by atoms with Gasteiger partial charge in [0.05, 0.1) is 18.3 Å². The van der Waals surface area contributed by atoms with E-state index >= 15 is 0 Å². The molecule has 0 radical (unpaired) electrons. The summed E-state index contributed by atoms with van der Waals surface area (Å²) in [7, 11) is 5.35. The maximum atomic E-state index is 5.27. The van der Waals surface area contributed by atoms with Crippen molar-refractivity contribution in [1.29, 1.82) is 0 Å². The highest BCUT2D eigenvalue weighted by Crippen LogP contribution is 2.22. The standard InChI is InChI=1S/C8H16O2.C7H14O/c1-9-7-5-3-4-6-8(7)10-2;1-8-7-5-3-2-4-6-7/h7-8H,3-6H2,1-2H3;7H,2-6H2,1H3. The van der Waals surface area contributed by atoms with Gasteiger partial charge in [-0.25, -0.2) is 0 Å². The molecule has 2 unspecified atom stereocenters. The Morgan fingerprint density at radius 3 is 1.33 bits per heavy atom. The third kappa shape index (κ3) is 5.68. The van der Waals surface area contributed by atoms with Gasteiger partial charge in [0, 0.05) is 21.3 Å². The van der Waals surface area contributed by atoms with E-state index in [1.165, 1.54) is 44.9 Å². The van der Waals surface area contributed by atoms with E-state index in [4.69, 9.17) is 14.2 Å². The maximum absolute atomic E-state index is 5.27. The lowest BCUT2D eigenvalue weighted by molar-refractivity contribution is -0.0577. The van der Waals surface area contributed by atoms with Crippen LogP contribution in [0.15, 0.2) is 0 Å². The molecule has 3 heteroatoms. The average Bonchev–Trinajstić information content (AvgIpc) is 2.48. The van der Waals surface area contributed by atoms with Crippen LogP contribution in [0.5, 0.6) is 0 Å². The Bertz CT molecular complexity index is 178. The lowest BCUT2D eigenvalue weighted by Gasteiger charge is -2.28. The monoisotopic (exact) mass is 258 g/mol. The number of ether oxygens (including phenoxy) is 3. The van der Waals surface area contributed by atoms with Crippen LogP contribution in [0.4, 0.5) is 0 Å². The number of rotatable bonds is 3. The molecule has 0 saturated heterocycles. The van der Waals surface area contributed by atoms with Crippen molar-refractivity contribution in [3.05, 3.63) is 0 Å². The molecular weight excluding hydrogens is 228 g/mol. The van der Waals surface area contributed by atoms with Gasteiger partial charge in [0.2, 0.25) is 0 Å². The van der Waals surface area contributed by atoms with Gasteiger partial charge in [-0.15, -0.1) is 0 Å². The second-order valence-corrected chi connectivity index (χ2v) is 5.33. The first-order valence-corrected chi connectivity index (χ1v) is 7.40. The first kappa shape index (κ1) is 15.9. The highest BCUT2D eigenvalue weighted by Gasteiger charge is 2.23. The van der Waals surface area contributed by atoms with E-state index in [0.29, 0.717) is 18.3 Å². The van der Waals surface area contributed by atoms with Gasteiger partial charge < -0.3 is 14.2 Å². The predicted molar refractivity (Wildman–Crippen MR) is 73.9 cm³/mol. The summed E-state index contributed by atoms with van der Waals surface area (Å²) < 4.78 is 15.7. The summed E-state index contributed by atoms with van der Waals surface area (Å²) in [6, 6.07) is 0. The molecule has 0 N–H and O–H groups in total. The molecule has 108 valence electrons. The fraction of sp³-hybridized carbons (Fsp3) is 1.00. The van der Waals surface area contributed by atoms with Gasteiger partial charge in [0.25, 0.3) is 0 Å². The van der Waals surface area contributed by atoms with E-state index in [1.807, 2.05) is 7.11 Å². The van der Waals surface area contributed by atoms with Gasteiger partial charge in [-0.05, 0) is 25.7 Å². The Labute approximate surface area is 112 Å². The van der Waals surface area contributed by atoms with Crippen LogP contribution in [0.1, 0.15) is 57.8 Å². The fourth-order valence-electron chi connectivity index (χ4n) is 2.90. The third-order valence-electron chi connectivity index (χ3n) is 4.13. The first-order valence-electron chi connectivity index (χ1n) is 7.40. The van der Waals surface area contributed by atoms with Gasteiger partial charge in [0.1, 0.15) is 0 Å². The minimum Gasteiger partial charge on any atom is -0.381 e. The zero-order valence-electron chi connectivity index (χ0n) is 12.3. The van der Waals surface area contributed by atoms with Crippen molar-refractivity contribution < 1.29 is 14.2 Å². The Balaban J connectivity index is 0.000000184. The second-order valence-electron chi connectivity index (χ2n) is 5.33. The van der Waals surface area contributed by atoms with Crippen LogP contribution in [0.25, 0.3) is 0 Å². The molecule has 0 bridgehead atoms. The predicted octanol–water partition coefficient (Wildman–Crippen LogP) is 3.56. The van der Waals surface area contributed by atoms with Gasteiger partial charge >= 0.3 is 0 Å². The van der Waals surface area contributed by atoms with Crippen LogP contribution in [0.3, 0.4) is 0 Å². The molecule has 0 heterocycles. The van der Waals surface area contributed by atoms with Crippen LogP contribution in [-0.2, 0) is 14.2 Å². The topological polar surface area (TPSA) is 27.7 Å². The van der Waals surface area contributed by atoms with Crippen LogP contribution >= 0.6 is 0 Å². The summed E-state index contributed by atoms with van der Waals surface area (Å²) in [5, 5.41) is 0. The van der Waals surface area contributed by atoms with Crippen molar-refractivity contribution in [1.82, 2.24) is 0 Å². The smallest absolute Gasteiger partial charge is 0.0832 e. The van der Waals surface area contributed by atoms with Crippen LogP contribution in [-0.4, -0.2) is 39.6 Å². The van der Waals surface area contributed by atoms with Crippen molar-refractivity contribution in [2.75, 3.05) is 21.3 Å². The Hall–Kier alpha value is -0.120. The molecule has 2 aliphatic rings. The number of hydrogen-bond acceptors (Lipinski definition) is 3. The summed E-state index contributed by atoms with van der Waals surface area (Å²) >= 11 is 0. The molecule has 2 saturated carbocycles. The molecular formula is C15H30O3. The van der Waals surface area contributed by atoms with Crippen molar-refractivity contribution in [2.24, 2.45) is 0 Å². The number of hydrogen-bond donors (Lipinski definition) is 0. The quantitative estimate of drug-likeness (QED) is 0.774. The van der Waals surface area contributed by atoms with E-state index in [2.05, 4.69) is 0 Å². The number of methoxy groups -OCH3 is 3. The summed E-state index contributed by atoms with van der Waals surface area (Å²) in [5.74, 6) is 0. The first-order chi connectivity index (χ1) is 8.81. The van der Waals surface area contributed by atoms with E-state index in [1.54, 1.807) is 14.2 Å². The second kappa shape index (κ2) is 9.76. The zero-order chi connectivity index (χ0) is 13.2. The van der Waals surface area contributed by atoms with Crippen LogP contribution in [0, 0.1) is 0 Å². The lowest BCUT2D eigenvalue weighted by atomic mass is 9.95. The van der Waals surface area contributed by atoms with Gasteiger partial charge in [-0.3, -0.25) is 0 Å². The van der Waals surface area contributed by atoms with Crippen molar-refractivity contribution in [2.45, 2.75) is 76.1 Å². The Morgan fingerprint density at radius 2 is 1.00 bits per heavy atom. The average molecular weight is 258 g/mol. The van der Waals surface area contributed by atoms with Gasteiger partial charge in [-0.1, -0.05) is 32.1 Å². The summed E-state index contributed by atoms with van der Waals surface area (Å²) in [6.45, 7) is 0. The molecule has 0 amide bonds. The van der Waals surface area contributed by atoms with E-state index < -0.39 is 0 Å².